The quantitative estimate of drug-likeness (QED) is 0.664. The molecule has 2 N–H and O–H groups in total. The molecule has 2 heterocycles. The first-order chi connectivity index (χ1) is 13.5. The van der Waals surface area contributed by atoms with Crippen LogP contribution in [0.25, 0.3) is 0 Å². The molecule has 1 aliphatic rings. The lowest BCUT2D eigenvalue weighted by Crippen LogP contribution is -2.13. The molecule has 0 saturated carbocycles. The molecule has 1 aliphatic heterocycles. The molecule has 4 rings (SSSR count). The van der Waals surface area contributed by atoms with Crippen LogP contribution in [0, 0.1) is 17.5 Å². The van der Waals surface area contributed by atoms with Crippen LogP contribution >= 0.6 is 0 Å². The molecular formula is C18H11F3N4O3. The third-order valence-electron chi connectivity index (χ3n) is 3.84. The third-order valence-corrected chi connectivity index (χ3v) is 3.84. The Morgan fingerprint density at radius 3 is 2.43 bits per heavy atom. The molecular weight excluding hydrogens is 377 g/mol. The van der Waals surface area contributed by atoms with Crippen molar-refractivity contribution in [1.82, 2.24) is 10.2 Å². The van der Waals surface area contributed by atoms with Gasteiger partial charge in [0.1, 0.15) is 0 Å². The van der Waals surface area contributed by atoms with Crippen LogP contribution in [-0.4, -0.2) is 22.9 Å². The SMILES string of the molecule is O=C(Nc1ccc(Nc2ccc(F)c(F)c2F)nn1)c1ccc2c(c1)OCO2. The number of aromatic nitrogens is 2. The summed E-state index contributed by atoms with van der Waals surface area (Å²) in [7, 11) is 0. The molecule has 0 fully saturated rings. The Kier molecular flexibility index (Phi) is 4.44. The van der Waals surface area contributed by atoms with Crippen LogP contribution in [0.3, 0.4) is 0 Å². The van der Waals surface area contributed by atoms with E-state index in [4.69, 9.17) is 9.47 Å². The molecule has 28 heavy (non-hydrogen) atoms. The fourth-order valence-electron chi connectivity index (χ4n) is 2.45. The lowest BCUT2D eigenvalue weighted by atomic mass is 10.2. The van der Waals surface area contributed by atoms with Gasteiger partial charge in [-0.3, -0.25) is 4.79 Å². The van der Waals surface area contributed by atoms with Crippen molar-refractivity contribution < 1.29 is 27.4 Å². The summed E-state index contributed by atoms with van der Waals surface area (Å²) in [5, 5.41) is 12.6. The predicted octanol–water partition coefficient (Wildman–Crippen LogP) is 3.62. The van der Waals surface area contributed by atoms with Crippen molar-refractivity contribution in [3.63, 3.8) is 0 Å². The molecule has 1 aromatic heterocycles. The van der Waals surface area contributed by atoms with E-state index >= 15 is 0 Å². The van der Waals surface area contributed by atoms with Gasteiger partial charge in [0.2, 0.25) is 6.79 Å². The predicted molar refractivity (Wildman–Crippen MR) is 92.1 cm³/mol. The number of carbonyl (C=O) groups is 1. The fraction of sp³-hybridized carbons (Fsp3) is 0.0556. The van der Waals surface area contributed by atoms with E-state index in [0.29, 0.717) is 17.1 Å². The second kappa shape index (κ2) is 7.06. The Bertz CT molecular complexity index is 1060. The molecule has 7 nitrogen and oxygen atoms in total. The van der Waals surface area contributed by atoms with Crippen LogP contribution in [0.2, 0.25) is 0 Å². The van der Waals surface area contributed by atoms with Gasteiger partial charge in [0.15, 0.2) is 40.6 Å². The van der Waals surface area contributed by atoms with Gasteiger partial charge in [-0.25, -0.2) is 13.2 Å². The highest BCUT2D eigenvalue weighted by atomic mass is 19.2. The number of benzene rings is 2. The van der Waals surface area contributed by atoms with Crippen molar-refractivity contribution in [2.24, 2.45) is 0 Å². The molecule has 0 saturated heterocycles. The van der Waals surface area contributed by atoms with Gasteiger partial charge in [-0.15, -0.1) is 10.2 Å². The van der Waals surface area contributed by atoms with Crippen LogP contribution in [0.5, 0.6) is 11.5 Å². The smallest absolute Gasteiger partial charge is 0.257 e. The minimum atomic E-state index is -1.59. The standard InChI is InChI=1S/C18H11F3N4O3/c19-10-2-3-11(17(21)16(10)20)22-14-5-6-15(25-24-14)23-18(26)9-1-4-12-13(7-9)28-8-27-12/h1-7H,8H2,(H,22,24)(H,23,25,26). The maximum Gasteiger partial charge on any atom is 0.257 e. The Hall–Kier alpha value is -3.82. The number of nitrogens with one attached hydrogen (secondary N) is 2. The molecule has 10 heteroatoms. The number of hydrogen-bond donors (Lipinski definition) is 2. The number of fused-ring (bicyclic) bond motifs is 1. The second-order valence-electron chi connectivity index (χ2n) is 5.67. The first kappa shape index (κ1) is 17.6. The summed E-state index contributed by atoms with van der Waals surface area (Å²) in [6, 6.07) is 9.34. The fourth-order valence-corrected chi connectivity index (χ4v) is 2.45. The normalized spacial score (nSPS) is 12.0. The van der Waals surface area contributed by atoms with E-state index in [2.05, 4.69) is 20.8 Å². The molecule has 0 spiro atoms. The summed E-state index contributed by atoms with van der Waals surface area (Å²) in [5.41, 5.74) is 0.0301. The third kappa shape index (κ3) is 3.39. The molecule has 142 valence electrons. The van der Waals surface area contributed by atoms with E-state index in [-0.39, 0.29) is 24.1 Å². The van der Waals surface area contributed by atoms with Crippen LogP contribution in [0.15, 0.2) is 42.5 Å². The molecule has 0 radical (unpaired) electrons. The summed E-state index contributed by atoms with van der Waals surface area (Å²) < 4.78 is 50.3. The van der Waals surface area contributed by atoms with Gasteiger partial charge in [0.25, 0.3) is 5.91 Å². The van der Waals surface area contributed by atoms with Crippen LogP contribution in [-0.2, 0) is 0 Å². The molecule has 1 amide bonds. The van der Waals surface area contributed by atoms with E-state index in [1.807, 2.05) is 0 Å². The highest BCUT2D eigenvalue weighted by Gasteiger charge is 2.17. The van der Waals surface area contributed by atoms with Crippen molar-refractivity contribution in [3.8, 4) is 11.5 Å². The van der Waals surface area contributed by atoms with Crippen molar-refractivity contribution >= 4 is 23.2 Å². The lowest BCUT2D eigenvalue weighted by Gasteiger charge is -2.08. The first-order valence-corrected chi connectivity index (χ1v) is 7.96. The minimum Gasteiger partial charge on any atom is -0.454 e. The second-order valence-corrected chi connectivity index (χ2v) is 5.67. The van der Waals surface area contributed by atoms with E-state index in [0.717, 1.165) is 12.1 Å². The maximum absolute atomic E-state index is 13.7. The summed E-state index contributed by atoms with van der Waals surface area (Å²) in [4.78, 5) is 12.3. The first-order valence-electron chi connectivity index (χ1n) is 7.96. The number of anilines is 3. The number of halogens is 3. The number of nitrogens with zero attached hydrogens (tertiary/aromatic N) is 2. The summed E-state index contributed by atoms with van der Waals surface area (Å²) in [5.74, 6) is -3.48. The zero-order chi connectivity index (χ0) is 19.7. The number of amides is 1. The number of ether oxygens (including phenoxy) is 2. The van der Waals surface area contributed by atoms with E-state index in [1.165, 1.54) is 18.2 Å². The monoisotopic (exact) mass is 388 g/mol. The Balaban J connectivity index is 1.45. The number of carbonyl (C=O) groups excluding carboxylic acids is 1. The summed E-state index contributed by atoms with van der Waals surface area (Å²) in [6.07, 6.45) is 0. The molecule has 3 aromatic rings. The van der Waals surface area contributed by atoms with E-state index in [1.54, 1.807) is 12.1 Å². The molecule has 0 atom stereocenters. The topological polar surface area (TPSA) is 85.4 Å². The number of rotatable bonds is 4. The average Bonchev–Trinajstić information content (AvgIpc) is 3.17. The van der Waals surface area contributed by atoms with Gasteiger partial charge < -0.3 is 20.1 Å². The zero-order valence-corrected chi connectivity index (χ0v) is 14.0. The summed E-state index contributed by atoms with van der Waals surface area (Å²) >= 11 is 0. The van der Waals surface area contributed by atoms with Gasteiger partial charge in [-0.2, -0.15) is 0 Å². The van der Waals surface area contributed by atoms with Crippen LogP contribution in [0.4, 0.5) is 30.5 Å². The van der Waals surface area contributed by atoms with Gasteiger partial charge in [0, 0.05) is 5.56 Å². The van der Waals surface area contributed by atoms with Crippen molar-refractivity contribution in [2.75, 3.05) is 17.4 Å². The maximum atomic E-state index is 13.7. The van der Waals surface area contributed by atoms with Gasteiger partial charge in [-0.1, -0.05) is 0 Å². The summed E-state index contributed by atoms with van der Waals surface area (Å²) in [6.45, 7) is 0.0961. The Morgan fingerprint density at radius 1 is 0.893 bits per heavy atom. The van der Waals surface area contributed by atoms with Crippen LogP contribution < -0.4 is 20.1 Å². The van der Waals surface area contributed by atoms with Gasteiger partial charge in [-0.05, 0) is 42.5 Å². The van der Waals surface area contributed by atoms with E-state index in [9.17, 15) is 18.0 Å². The molecule has 2 aromatic carbocycles. The van der Waals surface area contributed by atoms with Crippen molar-refractivity contribution in [3.05, 3.63) is 65.5 Å². The molecule has 0 aliphatic carbocycles. The Labute approximate surface area is 156 Å². The minimum absolute atomic E-state index is 0.0750. The zero-order valence-electron chi connectivity index (χ0n) is 14.0. The van der Waals surface area contributed by atoms with Crippen molar-refractivity contribution in [2.45, 2.75) is 0 Å². The van der Waals surface area contributed by atoms with Crippen molar-refractivity contribution in [1.29, 1.82) is 0 Å². The highest BCUT2D eigenvalue weighted by Crippen LogP contribution is 2.32. The van der Waals surface area contributed by atoms with Gasteiger partial charge >= 0.3 is 0 Å². The van der Waals surface area contributed by atoms with E-state index < -0.39 is 23.4 Å². The average molecular weight is 388 g/mol. The lowest BCUT2D eigenvalue weighted by molar-refractivity contribution is 0.102. The number of hydrogen-bond acceptors (Lipinski definition) is 6. The highest BCUT2D eigenvalue weighted by molar-refractivity contribution is 6.04. The molecule has 0 unspecified atom stereocenters. The van der Waals surface area contributed by atoms with Gasteiger partial charge in [0.05, 0.1) is 5.69 Å². The largest absolute Gasteiger partial charge is 0.454 e. The molecule has 0 bridgehead atoms. The van der Waals surface area contributed by atoms with Crippen LogP contribution in [0.1, 0.15) is 10.4 Å². The Morgan fingerprint density at radius 2 is 1.64 bits per heavy atom.